The van der Waals surface area contributed by atoms with Crippen molar-refractivity contribution in [1.82, 2.24) is 4.31 Å². The van der Waals surface area contributed by atoms with E-state index in [1.807, 2.05) is 0 Å². The number of nitrogens with one attached hydrogen (secondary N) is 1. The fourth-order valence-corrected chi connectivity index (χ4v) is 4.15. The van der Waals surface area contributed by atoms with Crippen molar-refractivity contribution in [3.63, 3.8) is 0 Å². The lowest BCUT2D eigenvalue weighted by molar-refractivity contribution is -0.384. The highest BCUT2D eigenvalue weighted by atomic mass is 32.2. The van der Waals surface area contributed by atoms with Crippen molar-refractivity contribution in [3.8, 4) is 0 Å². The maximum atomic E-state index is 12.6. The van der Waals surface area contributed by atoms with Crippen LogP contribution in [0, 0.1) is 10.1 Å². The maximum absolute atomic E-state index is 12.6. The first-order valence-electron chi connectivity index (χ1n) is 8.61. The first kappa shape index (κ1) is 19.9. The Morgan fingerprint density at radius 2 is 1.79 bits per heavy atom. The number of nitrogens with zero attached hydrogens (tertiary/aromatic N) is 3. The first-order chi connectivity index (χ1) is 13.4. The van der Waals surface area contributed by atoms with Crippen LogP contribution in [0.15, 0.2) is 58.5 Å². The number of sulfonamides is 1. The van der Waals surface area contributed by atoms with Gasteiger partial charge in [0, 0.05) is 19.2 Å². The van der Waals surface area contributed by atoms with Gasteiger partial charge in [-0.25, -0.2) is 8.42 Å². The molecule has 1 N–H and O–H groups in total. The molecule has 0 radical (unpaired) electrons. The third kappa shape index (κ3) is 4.35. The van der Waals surface area contributed by atoms with E-state index >= 15 is 0 Å². The van der Waals surface area contributed by atoms with Crippen molar-refractivity contribution in [2.45, 2.75) is 11.8 Å². The molecule has 148 valence electrons. The van der Waals surface area contributed by atoms with Crippen LogP contribution >= 0.6 is 0 Å². The summed E-state index contributed by atoms with van der Waals surface area (Å²) >= 11 is 0. The van der Waals surface area contributed by atoms with E-state index in [1.165, 1.54) is 22.5 Å². The van der Waals surface area contributed by atoms with Gasteiger partial charge in [0.1, 0.15) is 5.69 Å². The fraction of sp³-hybridized carbons (Fsp3) is 0.278. The highest BCUT2D eigenvalue weighted by molar-refractivity contribution is 7.89. The number of anilines is 1. The summed E-state index contributed by atoms with van der Waals surface area (Å²) in [6.45, 7) is 3.18. The normalized spacial score (nSPS) is 16.0. The van der Waals surface area contributed by atoms with Gasteiger partial charge in [-0.1, -0.05) is 24.3 Å². The molecule has 2 aromatic carbocycles. The van der Waals surface area contributed by atoms with Gasteiger partial charge in [-0.15, -0.1) is 0 Å². The lowest BCUT2D eigenvalue weighted by Crippen LogP contribution is -2.40. The maximum Gasteiger partial charge on any atom is 0.294 e. The molecule has 0 saturated carbocycles. The van der Waals surface area contributed by atoms with Gasteiger partial charge >= 0.3 is 0 Å². The molecular formula is C18H20N4O5S. The molecule has 2 aromatic rings. The molecule has 0 amide bonds. The average molecular weight is 404 g/mol. The van der Waals surface area contributed by atoms with Crippen molar-refractivity contribution in [3.05, 3.63) is 64.2 Å². The molecule has 0 atom stereocenters. The summed E-state index contributed by atoms with van der Waals surface area (Å²) in [4.78, 5) is 10.8. The summed E-state index contributed by atoms with van der Waals surface area (Å²) in [6, 6.07) is 12.6. The second-order valence-electron chi connectivity index (χ2n) is 6.12. The number of ether oxygens (including phenoxy) is 1. The highest BCUT2D eigenvalue weighted by Gasteiger charge is 2.26. The van der Waals surface area contributed by atoms with Crippen LogP contribution in [0.1, 0.15) is 12.5 Å². The van der Waals surface area contributed by atoms with E-state index < -0.39 is 14.9 Å². The second-order valence-corrected chi connectivity index (χ2v) is 8.06. The van der Waals surface area contributed by atoms with Crippen LogP contribution in [0.25, 0.3) is 0 Å². The molecule has 1 heterocycles. The average Bonchev–Trinajstić information content (AvgIpc) is 2.73. The quantitative estimate of drug-likeness (QED) is 0.449. The fourth-order valence-electron chi connectivity index (χ4n) is 2.74. The van der Waals surface area contributed by atoms with E-state index in [-0.39, 0.29) is 16.3 Å². The molecule has 1 aliphatic rings. The Labute approximate surface area is 162 Å². The van der Waals surface area contributed by atoms with E-state index in [9.17, 15) is 18.5 Å². The number of nitro groups is 1. The summed E-state index contributed by atoms with van der Waals surface area (Å²) in [5.41, 5.74) is 4.16. The number of morpholine rings is 1. The molecule has 1 saturated heterocycles. The minimum absolute atomic E-state index is 0.0778. The molecule has 28 heavy (non-hydrogen) atoms. The lowest BCUT2D eigenvalue weighted by Gasteiger charge is -2.26. The largest absolute Gasteiger partial charge is 0.379 e. The summed E-state index contributed by atoms with van der Waals surface area (Å²) in [5, 5.41) is 15.2. The van der Waals surface area contributed by atoms with Crippen molar-refractivity contribution < 1.29 is 18.1 Å². The SMILES string of the molecule is CC(=NNc1ccccc1[N+](=O)[O-])c1ccc(S(=O)(=O)N2CCOCC2)cc1. The molecule has 9 nitrogen and oxygen atoms in total. The minimum atomic E-state index is -3.55. The summed E-state index contributed by atoms with van der Waals surface area (Å²) < 4.78 is 31.9. The van der Waals surface area contributed by atoms with Crippen molar-refractivity contribution in [2.75, 3.05) is 31.7 Å². The Morgan fingerprint density at radius 3 is 2.43 bits per heavy atom. The van der Waals surface area contributed by atoms with Gasteiger partial charge in [0.15, 0.2) is 0 Å². The number of nitro benzene ring substituents is 1. The first-order valence-corrected chi connectivity index (χ1v) is 10.1. The van der Waals surface area contributed by atoms with Crippen LogP contribution in [0.5, 0.6) is 0 Å². The van der Waals surface area contributed by atoms with E-state index in [2.05, 4.69) is 10.5 Å². The molecule has 10 heteroatoms. The number of benzene rings is 2. The third-order valence-corrected chi connectivity index (χ3v) is 6.24. The molecule has 0 bridgehead atoms. The third-order valence-electron chi connectivity index (χ3n) is 4.32. The Bertz CT molecular complexity index is 983. The van der Waals surface area contributed by atoms with Crippen LogP contribution in [-0.2, 0) is 14.8 Å². The predicted octanol–water partition coefficient (Wildman–Crippen LogP) is 2.45. The second kappa shape index (κ2) is 8.46. The van der Waals surface area contributed by atoms with Crippen LogP contribution in [-0.4, -0.2) is 49.7 Å². The van der Waals surface area contributed by atoms with Crippen LogP contribution in [0.2, 0.25) is 0 Å². The van der Waals surface area contributed by atoms with E-state index in [0.29, 0.717) is 37.6 Å². The summed E-state index contributed by atoms with van der Waals surface area (Å²) in [7, 11) is -3.55. The summed E-state index contributed by atoms with van der Waals surface area (Å²) in [6.07, 6.45) is 0. The van der Waals surface area contributed by atoms with Gasteiger partial charge in [0.2, 0.25) is 10.0 Å². The van der Waals surface area contributed by atoms with E-state index in [4.69, 9.17) is 4.74 Å². The predicted molar refractivity (Wildman–Crippen MR) is 105 cm³/mol. The van der Waals surface area contributed by atoms with Gasteiger partial charge in [-0.2, -0.15) is 9.41 Å². The van der Waals surface area contributed by atoms with Gasteiger partial charge in [0.25, 0.3) is 5.69 Å². The number of hydrazone groups is 1. The zero-order valence-electron chi connectivity index (χ0n) is 15.2. The molecule has 0 aliphatic carbocycles. The Kier molecular flexibility index (Phi) is 6.02. The zero-order valence-corrected chi connectivity index (χ0v) is 16.1. The standard InChI is InChI=1S/C18H20N4O5S/c1-14(19-20-17-4-2-3-5-18(17)22(23)24)15-6-8-16(9-7-15)28(25,26)21-10-12-27-13-11-21/h2-9,20H,10-13H2,1H3. The van der Waals surface area contributed by atoms with Crippen molar-refractivity contribution in [2.24, 2.45) is 5.10 Å². The van der Waals surface area contributed by atoms with Crippen molar-refractivity contribution in [1.29, 1.82) is 0 Å². The molecule has 0 spiro atoms. The lowest BCUT2D eigenvalue weighted by atomic mass is 10.1. The summed E-state index contributed by atoms with van der Waals surface area (Å²) in [5.74, 6) is 0. The Hall–Kier alpha value is -2.82. The van der Waals surface area contributed by atoms with Gasteiger partial charge in [-0.05, 0) is 30.7 Å². The number of hydrogen-bond donors (Lipinski definition) is 1. The van der Waals surface area contributed by atoms with E-state index in [1.54, 1.807) is 37.3 Å². The van der Waals surface area contributed by atoms with Crippen LogP contribution in [0.3, 0.4) is 0 Å². The van der Waals surface area contributed by atoms with Crippen LogP contribution < -0.4 is 5.43 Å². The molecule has 0 aromatic heterocycles. The minimum Gasteiger partial charge on any atom is -0.379 e. The Morgan fingerprint density at radius 1 is 1.14 bits per heavy atom. The smallest absolute Gasteiger partial charge is 0.294 e. The van der Waals surface area contributed by atoms with Crippen LogP contribution in [0.4, 0.5) is 11.4 Å². The number of rotatable bonds is 6. The highest BCUT2D eigenvalue weighted by Crippen LogP contribution is 2.23. The molecule has 1 aliphatic heterocycles. The Balaban J connectivity index is 1.76. The molecule has 1 fully saturated rings. The molecule has 3 rings (SSSR count). The van der Waals surface area contributed by atoms with E-state index in [0.717, 1.165) is 0 Å². The number of hydrogen-bond acceptors (Lipinski definition) is 7. The van der Waals surface area contributed by atoms with Gasteiger partial charge in [-0.3, -0.25) is 15.5 Å². The topological polar surface area (TPSA) is 114 Å². The zero-order chi connectivity index (χ0) is 20.1. The molecular weight excluding hydrogens is 384 g/mol. The van der Waals surface area contributed by atoms with Gasteiger partial charge in [0.05, 0.1) is 28.7 Å². The monoisotopic (exact) mass is 404 g/mol. The molecule has 0 unspecified atom stereocenters. The number of para-hydroxylation sites is 2. The van der Waals surface area contributed by atoms with Crippen molar-refractivity contribution >= 4 is 27.1 Å². The van der Waals surface area contributed by atoms with Gasteiger partial charge < -0.3 is 4.74 Å².